The normalized spacial score (nSPS) is 10.6. The molecule has 0 aromatic heterocycles. The van der Waals surface area contributed by atoms with Gasteiger partial charge in [0.15, 0.2) is 5.92 Å². The molecule has 0 heterocycles. The molecule has 0 unspecified atom stereocenters. The predicted octanol–water partition coefficient (Wildman–Crippen LogP) is -2.91. The summed E-state index contributed by atoms with van der Waals surface area (Å²) in [6, 6.07) is 3.33. The number of hydrogen-bond acceptors (Lipinski definition) is 2. The van der Waals surface area contributed by atoms with Crippen LogP contribution in [0.5, 0.6) is 0 Å². The second-order valence-electron chi connectivity index (χ2n) is 5.89. The molecule has 1 rings (SSSR count). The van der Waals surface area contributed by atoms with Crippen molar-refractivity contribution in [3.63, 3.8) is 0 Å². The van der Waals surface area contributed by atoms with E-state index in [1.54, 1.807) is 12.1 Å². The van der Waals surface area contributed by atoms with Crippen molar-refractivity contribution < 1.29 is 104 Å². The van der Waals surface area contributed by atoms with Crippen LogP contribution < -0.4 is 80.9 Å². The number of aliphatic carboxylic acids is 2. The number of carbonyl (C=O) groups is 2. The van der Waals surface area contributed by atoms with Gasteiger partial charge in [-0.2, -0.15) is 0 Å². The Kier molecular flexibility index (Phi) is 10.5. The predicted molar refractivity (Wildman–Crippen MR) is 74.9 cm³/mol. The molecule has 0 atom stereocenters. The fourth-order valence-electron chi connectivity index (χ4n) is 2.74. The van der Waals surface area contributed by atoms with Crippen molar-refractivity contribution >= 4 is 11.9 Å². The van der Waals surface area contributed by atoms with E-state index in [4.69, 9.17) is 10.2 Å². The molecule has 1 aromatic carbocycles. The molecule has 4 nitrogen and oxygen atoms in total. The average molecular weight is 328 g/mol. The van der Waals surface area contributed by atoms with E-state index in [2.05, 4.69) is 20.8 Å². The summed E-state index contributed by atoms with van der Waals surface area (Å²) in [5.74, 6) is -4.18. The molecule has 1 aromatic rings. The van der Waals surface area contributed by atoms with E-state index in [1.807, 2.05) is 13.8 Å². The summed E-state index contributed by atoms with van der Waals surface area (Å²) in [5.41, 5.74) is 3.24. The van der Waals surface area contributed by atoms with Gasteiger partial charge in [0.2, 0.25) is 0 Å². The number of carboxylic acids is 2. The number of benzene rings is 1. The Hall–Kier alpha value is 0.796. The van der Waals surface area contributed by atoms with E-state index in [9.17, 15) is 9.59 Å². The Morgan fingerprint density at radius 1 is 1.05 bits per heavy atom. The number of rotatable bonds is 3. The molecule has 0 fully saturated rings. The van der Waals surface area contributed by atoms with Gasteiger partial charge < -0.3 is 13.1 Å². The van der Waals surface area contributed by atoms with Crippen LogP contribution in [-0.4, -0.2) is 22.2 Å². The zero-order valence-corrected chi connectivity index (χ0v) is 19.1. The van der Waals surface area contributed by atoms with Gasteiger partial charge in [-0.1, -0.05) is 32.9 Å². The minimum absolute atomic E-state index is 0. The first-order chi connectivity index (χ1) is 8.55. The minimum atomic E-state index is -1.51. The standard InChI is InChI=1S/C15H20O4.K.Na.2H/c1-8-6-10(11(13(16)17)14(18)19)7-9(2)12(8)15(3,4)5;;;;/h6-7,11H,1-5H3,(H,16,17)(H,18,19);;;;/q;2*+1;2*-1. The van der Waals surface area contributed by atoms with Gasteiger partial charge in [0, 0.05) is 0 Å². The molecule has 0 saturated heterocycles. The van der Waals surface area contributed by atoms with Crippen molar-refractivity contribution in [2.24, 2.45) is 0 Å². The molecule has 0 aliphatic rings. The van der Waals surface area contributed by atoms with Crippen LogP contribution in [-0.2, 0) is 15.0 Å². The number of hydrogen-bond donors (Lipinski definition) is 2. The Bertz CT molecular complexity index is 508. The third kappa shape index (κ3) is 6.07. The maximum atomic E-state index is 11.1. The van der Waals surface area contributed by atoms with Crippen LogP contribution in [0.4, 0.5) is 0 Å². The zero-order chi connectivity index (χ0) is 15.0. The van der Waals surface area contributed by atoms with Crippen LogP contribution in [0.15, 0.2) is 12.1 Å². The van der Waals surface area contributed by atoms with Gasteiger partial charge in [-0.25, -0.2) is 0 Å². The molecular formula is C15H22KNaO4. The average Bonchev–Trinajstić information content (AvgIpc) is 2.11. The maximum Gasteiger partial charge on any atom is 1.00 e. The third-order valence-electron chi connectivity index (χ3n) is 3.13. The third-order valence-corrected chi connectivity index (χ3v) is 3.13. The van der Waals surface area contributed by atoms with Gasteiger partial charge in [0.1, 0.15) is 0 Å². The molecule has 21 heavy (non-hydrogen) atoms. The van der Waals surface area contributed by atoms with E-state index in [1.165, 1.54) is 0 Å². The molecule has 0 aliphatic carbocycles. The molecular weight excluding hydrogens is 306 g/mol. The van der Waals surface area contributed by atoms with Crippen LogP contribution >= 0.6 is 0 Å². The molecule has 0 radical (unpaired) electrons. The smallest absolute Gasteiger partial charge is 1.00 e. The molecule has 6 heteroatoms. The Labute approximate surface area is 193 Å². The summed E-state index contributed by atoms with van der Waals surface area (Å²) >= 11 is 0. The Morgan fingerprint density at radius 2 is 1.38 bits per heavy atom. The molecule has 0 saturated carbocycles. The van der Waals surface area contributed by atoms with Crippen molar-refractivity contribution in [3.8, 4) is 0 Å². The first-order valence-corrected chi connectivity index (χ1v) is 6.13. The Morgan fingerprint density at radius 3 is 1.62 bits per heavy atom. The van der Waals surface area contributed by atoms with Gasteiger partial charge in [-0.15, -0.1) is 0 Å². The van der Waals surface area contributed by atoms with Gasteiger partial charge in [0.05, 0.1) is 0 Å². The zero-order valence-electron chi connectivity index (χ0n) is 15.9. The molecule has 0 amide bonds. The molecule has 0 spiro atoms. The fourth-order valence-corrected chi connectivity index (χ4v) is 2.74. The minimum Gasteiger partial charge on any atom is -1.00 e. The topological polar surface area (TPSA) is 74.6 Å². The van der Waals surface area contributed by atoms with Gasteiger partial charge in [-0.3, -0.25) is 9.59 Å². The van der Waals surface area contributed by atoms with Crippen molar-refractivity contribution in [1.29, 1.82) is 0 Å². The summed E-state index contributed by atoms with van der Waals surface area (Å²) in [7, 11) is 0. The SMILES string of the molecule is Cc1cc(C(C(=O)O)C(=O)O)cc(C)c1C(C)(C)C.[H-].[H-].[K+].[Na+]. The van der Waals surface area contributed by atoms with Gasteiger partial charge in [0.25, 0.3) is 0 Å². The number of carboxylic acid groups (broad SMARTS) is 2. The van der Waals surface area contributed by atoms with Gasteiger partial charge in [-0.05, 0) is 41.5 Å². The summed E-state index contributed by atoms with van der Waals surface area (Å²) in [6.07, 6.45) is 0. The fraction of sp³-hybridized carbons (Fsp3) is 0.467. The summed E-state index contributed by atoms with van der Waals surface area (Å²) < 4.78 is 0. The summed E-state index contributed by atoms with van der Waals surface area (Å²) in [4.78, 5) is 22.1. The van der Waals surface area contributed by atoms with Crippen LogP contribution in [0.25, 0.3) is 0 Å². The molecule has 0 bridgehead atoms. The summed E-state index contributed by atoms with van der Waals surface area (Å²) in [5, 5.41) is 18.1. The van der Waals surface area contributed by atoms with Crippen LogP contribution in [0.2, 0.25) is 0 Å². The molecule has 108 valence electrons. The van der Waals surface area contributed by atoms with Gasteiger partial charge >= 0.3 is 92.9 Å². The maximum absolute atomic E-state index is 11.1. The van der Waals surface area contributed by atoms with E-state index >= 15 is 0 Å². The second kappa shape index (κ2) is 9.18. The van der Waals surface area contributed by atoms with Crippen LogP contribution in [0.3, 0.4) is 0 Å². The molecule has 2 N–H and O–H groups in total. The first-order valence-electron chi connectivity index (χ1n) is 6.13. The van der Waals surface area contributed by atoms with Crippen molar-refractivity contribution in [2.75, 3.05) is 0 Å². The van der Waals surface area contributed by atoms with E-state index in [0.717, 1.165) is 16.7 Å². The first kappa shape index (κ1) is 24.1. The van der Waals surface area contributed by atoms with Crippen LogP contribution in [0.1, 0.15) is 51.8 Å². The quantitative estimate of drug-likeness (QED) is 0.461. The van der Waals surface area contributed by atoms with E-state index in [-0.39, 0.29) is 89.2 Å². The summed E-state index contributed by atoms with van der Waals surface area (Å²) in [6.45, 7) is 10.0. The Balaban J connectivity index is -0.000000451. The monoisotopic (exact) mass is 328 g/mol. The van der Waals surface area contributed by atoms with E-state index < -0.39 is 17.9 Å². The number of aryl methyl sites for hydroxylation is 2. The second-order valence-corrected chi connectivity index (χ2v) is 5.89. The van der Waals surface area contributed by atoms with Crippen LogP contribution in [0, 0.1) is 13.8 Å². The molecule has 0 aliphatic heterocycles. The largest absolute Gasteiger partial charge is 1.00 e. The van der Waals surface area contributed by atoms with Crippen molar-refractivity contribution in [1.82, 2.24) is 0 Å². The van der Waals surface area contributed by atoms with Crippen molar-refractivity contribution in [2.45, 2.75) is 46.0 Å². The van der Waals surface area contributed by atoms with Crippen molar-refractivity contribution in [3.05, 3.63) is 34.4 Å². The van der Waals surface area contributed by atoms with E-state index in [0.29, 0.717) is 5.56 Å².